The number of anilines is 2. The van der Waals surface area contributed by atoms with Crippen LogP contribution in [0.5, 0.6) is 5.75 Å². The lowest BCUT2D eigenvalue weighted by atomic mass is 10.1. The molecule has 0 aliphatic carbocycles. The Balaban J connectivity index is 1.60. The summed E-state index contributed by atoms with van der Waals surface area (Å²) >= 11 is 0. The van der Waals surface area contributed by atoms with Crippen LogP contribution in [0.3, 0.4) is 0 Å². The van der Waals surface area contributed by atoms with Gasteiger partial charge in [0, 0.05) is 22.5 Å². The van der Waals surface area contributed by atoms with E-state index in [4.69, 9.17) is 4.74 Å². The maximum Gasteiger partial charge on any atom is 0.255 e. The molecule has 0 fully saturated rings. The van der Waals surface area contributed by atoms with Gasteiger partial charge in [-0.25, -0.2) is 4.39 Å². The number of ether oxygens (including phenoxy) is 1. The predicted molar refractivity (Wildman–Crippen MR) is 111 cm³/mol. The Kier molecular flexibility index (Phi) is 6.24. The molecule has 0 bridgehead atoms. The minimum Gasteiger partial charge on any atom is -0.491 e. The Morgan fingerprint density at radius 1 is 0.724 bits per heavy atom. The molecule has 5 nitrogen and oxygen atoms in total. The first-order chi connectivity index (χ1) is 13.9. The van der Waals surface area contributed by atoms with Gasteiger partial charge in [0.1, 0.15) is 11.6 Å². The summed E-state index contributed by atoms with van der Waals surface area (Å²) < 4.78 is 18.5. The van der Waals surface area contributed by atoms with E-state index in [1.165, 1.54) is 24.3 Å². The summed E-state index contributed by atoms with van der Waals surface area (Å²) in [6.45, 7) is 3.89. The van der Waals surface area contributed by atoms with E-state index >= 15 is 0 Å². The van der Waals surface area contributed by atoms with E-state index in [1.54, 1.807) is 48.5 Å². The van der Waals surface area contributed by atoms with E-state index in [9.17, 15) is 14.0 Å². The fourth-order valence-electron chi connectivity index (χ4n) is 2.60. The van der Waals surface area contributed by atoms with E-state index in [1.807, 2.05) is 13.8 Å². The number of nitrogens with one attached hydrogen (secondary N) is 2. The van der Waals surface area contributed by atoms with Crippen LogP contribution >= 0.6 is 0 Å². The van der Waals surface area contributed by atoms with Crippen molar-refractivity contribution in [1.29, 1.82) is 0 Å². The Labute approximate surface area is 168 Å². The molecule has 0 aromatic heterocycles. The Morgan fingerprint density at radius 2 is 1.14 bits per heavy atom. The molecule has 2 N–H and O–H groups in total. The number of hydrogen-bond donors (Lipinski definition) is 2. The van der Waals surface area contributed by atoms with Crippen molar-refractivity contribution < 1.29 is 18.7 Å². The van der Waals surface area contributed by atoms with Crippen LogP contribution in [0, 0.1) is 5.82 Å². The lowest BCUT2D eigenvalue weighted by Crippen LogP contribution is -2.14. The second kappa shape index (κ2) is 9.01. The van der Waals surface area contributed by atoms with Crippen molar-refractivity contribution in [2.24, 2.45) is 0 Å². The van der Waals surface area contributed by atoms with Gasteiger partial charge in [-0.3, -0.25) is 9.59 Å². The van der Waals surface area contributed by atoms with Gasteiger partial charge in [-0.05, 0) is 86.6 Å². The normalized spacial score (nSPS) is 10.5. The molecule has 0 atom stereocenters. The number of carbonyl (C=O) groups is 2. The van der Waals surface area contributed by atoms with Crippen molar-refractivity contribution in [1.82, 2.24) is 0 Å². The smallest absolute Gasteiger partial charge is 0.255 e. The van der Waals surface area contributed by atoms with Crippen molar-refractivity contribution in [3.05, 3.63) is 89.7 Å². The van der Waals surface area contributed by atoms with Crippen LogP contribution in [-0.4, -0.2) is 17.9 Å². The van der Waals surface area contributed by atoms with Crippen LogP contribution in [0.25, 0.3) is 0 Å². The van der Waals surface area contributed by atoms with E-state index in [-0.39, 0.29) is 23.7 Å². The Hall–Kier alpha value is -3.67. The average Bonchev–Trinajstić information content (AvgIpc) is 2.71. The second-order valence-corrected chi connectivity index (χ2v) is 6.68. The molecule has 0 unspecified atom stereocenters. The van der Waals surface area contributed by atoms with Crippen LogP contribution < -0.4 is 15.4 Å². The molecule has 148 valence electrons. The third-order valence-corrected chi connectivity index (χ3v) is 4.00. The van der Waals surface area contributed by atoms with Gasteiger partial charge in [0.15, 0.2) is 0 Å². The minimum absolute atomic E-state index is 0.0780. The topological polar surface area (TPSA) is 67.4 Å². The number of rotatable bonds is 6. The quantitative estimate of drug-likeness (QED) is 0.612. The summed E-state index contributed by atoms with van der Waals surface area (Å²) in [5.74, 6) is -0.271. The van der Waals surface area contributed by atoms with Crippen LogP contribution in [0.2, 0.25) is 0 Å². The highest BCUT2D eigenvalue weighted by Gasteiger charge is 2.10. The summed E-state index contributed by atoms with van der Waals surface area (Å²) in [5, 5.41) is 5.48. The van der Waals surface area contributed by atoms with Crippen LogP contribution in [-0.2, 0) is 0 Å². The Morgan fingerprint density at radius 3 is 1.55 bits per heavy atom. The largest absolute Gasteiger partial charge is 0.491 e. The minimum atomic E-state index is -0.375. The fourth-order valence-corrected chi connectivity index (χ4v) is 2.60. The van der Waals surface area contributed by atoms with Gasteiger partial charge in [-0.2, -0.15) is 0 Å². The number of amides is 2. The number of halogens is 1. The van der Waals surface area contributed by atoms with Crippen molar-refractivity contribution in [3.8, 4) is 5.75 Å². The van der Waals surface area contributed by atoms with Gasteiger partial charge < -0.3 is 15.4 Å². The zero-order chi connectivity index (χ0) is 20.8. The van der Waals surface area contributed by atoms with Crippen molar-refractivity contribution in [2.45, 2.75) is 20.0 Å². The summed E-state index contributed by atoms with van der Waals surface area (Å²) in [7, 11) is 0. The van der Waals surface area contributed by atoms with Gasteiger partial charge in [-0.15, -0.1) is 0 Å². The SMILES string of the molecule is CC(C)Oc1ccc(NC(=O)c2ccc(C(=O)Nc3ccc(F)cc3)cc2)cc1. The van der Waals surface area contributed by atoms with Gasteiger partial charge in [0.2, 0.25) is 0 Å². The maximum atomic E-state index is 12.9. The summed E-state index contributed by atoms with van der Waals surface area (Å²) in [5.41, 5.74) is 1.94. The van der Waals surface area contributed by atoms with Crippen molar-refractivity contribution >= 4 is 23.2 Å². The summed E-state index contributed by atoms with van der Waals surface area (Å²) in [6.07, 6.45) is 0.0780. The molecule has 0 saturated heterocycles. The number of hydrogen-bond acceptors (Lipinski definition) is 3. The number of benzene rings is 3. The van der Waals surface area contributed by atoms with E-state index in [2.05, 4.69) is 10.6 Å². The molecule has 0 aliphatic rings. The molecule has 0 saturated carbocycles. The molecule has 2 amide bonds. The number of carbonyl (C=O) groups excluding carboxylic acids is 2. The highest BCUT2D eigenvalue weighted by molar-refractivity contribution is 6.07. The van der Waals surface area contributed by atoms with Gasteiger partial charge in [-0.1, -0.05) is 0 Å². The first-order valence-corrected chi connectivity index (χ1v) is 9.16. The van der Waals surface area contributed by atoms with E-state index in [0.29, 0.717) is 22.5 Å². The third-order valence-electron chi connectivity index (χ3n) is 4.00. The molecule has 0 aliphatic heterocycles. The van der Waals surface area contributed by atoms with Gasteiger partial charge >= 0.3 is 0 Å². The molecular weight excluding hydrogens is 371 g/mol. The summed E-state index contributed by atoms with van der Waals surface area (Å²) in [4.78, 5) is 24.7. The average molecular weight is 392 g/mol. The van der Waals surface area contributed by atoms with Crippen LogP contribution in [0.15, 0.2) is 72.8 Å². The molecule has 0 radical (unpaired) electrons. The highest BCUT2D eigenvalue weighted by atomic mass is 19.1. The molecular formula is C23H21FN2O3. The Bertz CT molecular complexity index is 982. The van der Waals surface area contributed by atoms with Crippen LogP contribution in [0.1, 0.15) is 34.6 Å². The molecule has 3 rings (SSSR count). The van der Waals surface area contributed by atoms with Crippen molar-refractivity contribution in [3.63, 3.8) is 0 Å². The van der Waals surface area contributed by atoms with Crippen molar-refractivity contribution in [2.75, 3.05) is 10.6 Å². The zero-order valence-corrected chi connectivity index (χ0v) is 16.1. The predicted octanol–water partition coefficient (Wildman–Crippen LogP) is 5.12. The zero-order valence-electron chi connectivity index (χ0n) is 16.1. The lowest BCUT2D eigenvalue weighted by molar-refractivity contribution is 0.101. The second-order valence-electron chi connectivity index (χ2n) is 6.68. The third kappa shape index (κ3) is 5.65. The monoisotopic (exact) mass is 392 g/mol. The van der Waals surface area contributed by atoms with E-state index < -0.39 is 0 Å². The maximum absolute atomic E-state index is 12.9. The van der Waals surface area contributed by atoms with Crippen LogP contribution in [0.4, 0.5) is 15.8 Å². The molecule has 0 spiro atoms. The molecule has 3 aromatic rings. The molecule has 0 heterocycles. The van der Waals surface area contributed by atoms with Gasteiger partial charge in [0.05, 0.1) is 6.10 Å². The molecule has 6 heteroatoms. The first kappa shape index (κ1) is 20.1. The lowest BCUT2D eigenvalue weighted by Gasteiger charge is -2.11. The highest BCUT2D eigenvalue weighted by Crippen LogP contribution is 2.18. The first-order valence-electron chi connectivity index (χ1n) is 9.16. The van der Waals surface area contributed by atoms with Gasteiger partial charge in [0.25, 0.3) is 11.8 Å². The molecule has 29 heavy (non-hydrogen) atoms. The molecule has 3 aromatic carbocycles. The fraction of sp³-hybridized carbons (Fsp3) is 0.130. The summed E-state index contributed by atoms with van der Waals surface area (Å²) in [6, 6.07) is 18.9. The van der Waals surface area contributed by atoms with E-state index in [0.717, 1.165) is 5.75 Å². The standard InChI is InChI=1S/C23H21FN2O3/c1-15(2)29-21-13-11-20(12-14-21)26-23(28)17-5-3-16(4-6-17)22(27)25-19-9-7-18(24)8-10-19/h3-15H,1-2H3,(H,25,27)(H,26,28).